The van der Waals surface area contributed by atoms with Crippen molar-refractivity contribution < 1.29 is 43.8 Å². The fourth-order valence-corrected chi connectivity index (χ4v) is 6.16. The number of benzene rings is 2. The van der Waals surface area contributed by atoms with Crippen LogP contribution in [0.25, 0.3) is 11.1 Å². The second-order valence-corrected chi connectivity index (χ2v) is 12.6. The van der Waals surface area contributed by atoms with Gasteiger partial charge in [-0.05, 0) is 60.9 Å². The van der Waals surface area contributed by atoms with Gasteiger partial charge < -0.3 is 37.2 Å². The zero-order valence-electron chi connectivity index (χ0n) is 27.7. The normalized spacial score (nSPS) is 24.5. The zero-order valence-corrected chi connectivity index (χ0v) is 27.7. The van der Waals surface area contributed by atoms with Crippen molar-refractivity contribution in [2.24, 2.45) is 11.7 Å². The smallest absolute Gasteiger partial charge is 0.288 e. The van der Waals surface area contributed by atoms with E-state index in [4.69, 9.17) is 5.73 Å². The Bertz CT molecular complexity index is 1740. The summed E-state index contributed by atoms with van der Waals surface area (Å²) in [5.74, 6) is -7.02. The lowest BCUT2D eigenvalue weighted by Crippen LogP contribution is -2.63. The molecule has 0 aromatic heterocycles. The maximum absolute atomic E-state index is 13.8. The number of fused-ring (bicyclic) bond motifs is 3. The van der Waals surface area contributed by atoms with E-state index < -0.39 is 83.1 Å². The van der Waals surface area contributed by atoms with Crippen LogP contribution >= 0.6 is 0 Å². The Balaban J connectivity index is 1.93. The van der Waals surface area contributed by atoms with E-state index in [2.05, 4.69) is 21.3 Å². The summed E-state index contributed by atoms with van der Waals surface area (Å²) in [6.45, 7) is 6.35. The van der Waals surface area contributed by atoms with E-state index >= 15 is 0 Å². The Morgan fingerprint density at radius 1 is 1.08 bits per heavy atom. The van der Waals surface area contributed by atoms with E-state index in [1.54, 1.807) is 45.0 Å². The maximum atomic E-state index is 13.8. The second kappa shape index (κ2) is 14.8. The lowest BCUT2D eigenvalue weighted by atomic mass is 9.74. The quantitative estimate of drug-likeness (QED) is 0.186. The van der Waals surface area contributed by atoms with Crippen LogP contribution in [-0.4, -0.2) is 75.5 Å². The topological polar surface area (TPSA) is 234 Å². The number of aromatic hydroxyl groups is 1. The SMILES string of the molecule is C/C=C\NC(=O)[C@H]1NC(=O)[C@@H](CC(N)=O)NC(=O)[C@@H](NC(=O)C(=O)[C@@H](C)CC)Cc2ccc(O)c(c2)-c2cccc3c2CC(=O)[C@@]3(C)[C@@H]1O. The van der Waals surface area contributed by atoms with Gasteiger partial charge >= 0.3 is 0 Å². The van der Waals surface area contributed by atoms with Crippen LogP contribution in [0.5, 0.6) is 5.75 Å². The highest BCUT2D eigenvalue weighted by atomic mass is 16.3. The summed E-state index contributed by atoms with van der Waals surface area (Å²) in [7, 11) is 0. The Labute approximate surface area is 282 Å². The summed E-state index contributed by atoms with van der Waals surface area (Å²) in [5, 5.41) is 32.5. The van der Waals surface area contributed by atoms with E-state index in [0.29, 0.717) is 28.7 Å². The molecule has 14 nitrogen and oxygen atoms in total. The number of nitrogens with one attached hydrogen (secondary N) is 4. The van der Waals surface area contributed by atoms with Crippen LogP contribution in [0, 0.1) is 5.92 Å². The molecule has 6 atom stereocenters. The summed E-state index contributed by atoms with van der Waals surface area (Å²) in [4.78, 5) is 92.5. The number of aliphatic hydroxyl groups excluding tert-OH is 1. The van der Waals surface area contributed by atoms with Gasteiger partial charge in [0, 0.05) is 24.3 Å². The van der Waals surface area contributed by atoms with Crippen molar-refractivity contribution in [2.75, 3.05) is 0 Å². The molecule has 1 heterocycles. The van der Waals surface area contributed by atoms with Crippen LogP contribution in [0.2, 0.25) is 0 Å². The molecule has 0 unspecified atom stereocenters. The van der Waals surface area contributed by atoms with Gasteiger partial charge in [0.25, 0.3) is 5.91 Å². The number of Topliss-reactive ketones (excluding diaryl/α,β-unsaturated/α-hetero) is 2. The number of carbonyl (C=O) groups is 7. The number of nitrogens with two attached hydrogens (primary N) is 1. The third-order valence-electron chi connectivity index (χ3n) is 9.27. The number of hydrogen-bond acceptors (Lipinski definition) is 9. The van der Waals surface area contributed by atoms with Crippen LogP contribution in [0.3, 0.4) is 0 Å². The highest BCUT2D eigenvalue weighted by Crippen LogP contribution is 2.45. The second-order valence-electron chi connectivity index (χ2n) is 12.6. The summed E-state index contributed by atoms with van der Waals surface area (Å²) in [6, 6.07) is 4.43. The summed E-state index contributed by atoms with van der Waals surface area (Å²) >= 11 is 0. The molecule has 1 aliphatic carbocycles. The van der Waals surface area contributed by atoms with Crippen LogP contribution in [0.4, 0.5) is 0 Å². The number of phenols is 1. The molecule has 14 heteroatoms. The van der Waals surface area contributed by atoms with Crippen molar-refractivity contribution in [1.82, 2.24) is 21.3 Å². The molecule has 2 aromatic rings. The van der Waals surface area contributed by atoms with Crippen LogP contribution in [0.1, 0.15) is 57.2 Å². The van der Waals surface area contributed by atoms with Gasteiger partial charge in [0.15, 0.2) is 0 Å². The number of carbonyl (C=O) groups excluding carboxylic acids is 7. The van der Waals surface area contributed by atoms with E-state index in [1.807, 2.05) is 0 Å². The molecule has 8 N–H and O–H groups in total. The van der Waals surface area contributed by atoms with Crippen molar-refractivity contribution in [3.05, 3.63) is 65.4 Å². The third-order valence-corrected chi connectivity index (χ3v) is 9.27. The van der Waals surface area contributed by atoms with Crippen LogP contribution in [-0.2, 0) is 51.8 Å². The standard InChI is InChI=1S/C35H41N5O9/c1-5-12-37-33(48)28-30(45)35(4)22-9-7-8-19(20(22)15-26(35)42)21-13-18(10-11-25(21)41)14-23(39-34(49)29(44)17(3)6-2)31(46)38-24(16-27(36)43)32(47)40-28/h5,7-13,17,23-24,28,30,41,45H,6,14-16H2,1-4H3,(H2,36,43)(H,37,48)(H,38,46)(H,39,49)(H,40,47)/b12-5-/t17-,23-,24+,28-,30+,35-/m0/s1. The minimum atomic E-state index is -1.86. The number of rotatable bonds is 8. The van der Waals surface area contributed by atoms with Gasteiger partial charge in [-0.1, -0.05) is 44.2 Å². The first-order chi connectivity index (χ1) is 23.1. The average Bonchev–Trinajstić information content (AvgIpc) is 3.34. The molecule has 0 saturated carbocycles. The lowest BCUT2D eigenvalue weighted by molar-refractivity contribution is -0.141. The van der Waals surface area contributed by atoms with Gasteiger partial charge in [-0.25, -0.2) is 0 Å². The zero-order chi connectivity index (χ0) is 36.2. The first kappa shape index (κ1) is 36.5. The Hall–Kier alpha value is -5.37. The molecule has 0 saturated heterocycles. The number of hydrogen-bond donors (Lipinski definition) is 7. The highest BCUT2D eigenvalue weighted by Gasteiger charge is 2.53. The van der Waals surface area contributed by atoms with Gasteiger partial charge in [-0.3, -0.25) is 33.6 Å². The molecule has 6 bridgehead atoms. The monoisotopic (exact) mass is 675 g/mol. The molecule has 0 radical (unpaired) electrons. The summed E-state index contributed by atoms with van der Waals surface area (Å²) in [5.41, 5.74) is 5.70. The molecule has 1 aliphatic heterocycles. The van der Waals surface area contributed by atoms with Crippen molar-refractivity contribution in [1.29, 1.82) is 0 Å². The van der Waals surface area contributed by atoms with Crippen LogP contribution in [0.15, 0.2) is 48.7 Å². The van der Waals surface area contributed by atoms with E-state index in [-0.39, 0.29) is 24.2 Å². The Morgan fingerprint density at radius 3 is 2.45 bits per heavy atom. The van der Waals surface area contributed by atoms with Gasteiger partial charge in [-0.15, -0.1) is 0 Å². The average molecular weight is 676 g/mol. The van der Waals surface area contributed by atoms with Gasteiger partial charge in [0.2, 0.25) is 29.4 Å². The van der Waals surface area contributed by atoms with E-state index in [0.717, 1.165) is 0 Å². The first-order valence-corrected chi connectivity index (χ1v) is 15.9. The predicted octanol–water partition coefficient (Wildman–Crippen LogP) is -0.0461. The number of aliphatic hydroxyl groups is 1. The minimum Gasteiger partial charge on any atom is -0.507 e. The number of ketones is 2. The molecular formula is C35H41N5O9. The fourth-order valence-electron chi connectivity index (χ4n) is 6.16. The molecule has 2 aliphatic rings. The molecule has 4 rings (SSSR count). The van der Waals surface area contributed by atoms with Gasteiger partial charge in [0.05, 0.1) is 17.9 Å². The Kier molecular flexibility index (Phi) is 11.0. The van der Waals surface area contributed by atoms with E-state index in [9.17, 15) is 43.8 Å². The number of amides is 5. The van der Waals surface area contributed by atoms with Crippen molar-refractivity contribution in [2.45, 2.75) is 83.0 Å². The first-order valence-electron chi connectivity index (χ1n) is 15.9. The molecular weight excluding hydrogens is 634 g/mol. The lowest BCUT2D eigenvalue weighted by Gasteiger charge is -2.35. The van der Waals surface area contributed by atoms with Crippen molar-refractivity contribution in [3.8, 4) is 16.9 Å². The molecule has 49 heavy (non-hydrogen) atoms. The molecule has 5 amide bonds. The predicted molar refractivity (Wildman–Crippen MR) is 176 cm³/mol. The third kappa shape index (κ3) is 7.38. The number of phenolic OH excluding ortho intramolecular Hbond substituents is 1. The fraction of sp³-hybridized carbons (Fsp3) is 0.400. The largest absolute Gasteiger partial charge is 0.507 e. The van der Waals surface area contributed by atoms with Crippen molar-refractivity contribution in [3.63, 3.8) is 0 Å². The van der Waals surface area contributed by atoms with Crippen LogP contribution < -0.4 is 27.0 Å². The highest BCUT2D eigenvalue weighted by molar-refractivity contribution is 6.37. The maximum Gasteiger partial charge on any atom is 0.288 e. The summed E-state index contributed by atoms with van der Waals surface area (Å²) in [6.07, 6.45) is 0.114. The summed E-state index contributed by atoms with van der Waals surface area (Å²) < 4.78 is 0. The van der Waals surface area contributed by atoms with Gasteiger partial charge in [0.1, 0.15) is 29.7 Å². The van der Waals surface area contributed by atoms with Crippen molar-refractivity contribution >= 4 is 41.1 Å². The Morgan fingerprint density at radius 2 is 1.80 bits per heavy atom. The number of allylic oxidation sites excluding steroid dienone is 1. The molecule has 0 spiro atoms. The molecule has 260 valence electrons. The molecule has 0 fully saturated rings. The number of primary amides is 1. The minimum absolute atomic E-state index is 0.158. The van der Waals surface area contributed by atoms with E-state index in [1.165, 1.54) is 31.3 Å². The molecule has 2 aromatic carbocycles. The van der Waals surface area contributed by atoms with Gasteiger partial charge in [-0.2, -0.15) is 0 Å².